The number of aromatic nitrogens is 6. The fraction of sp³-hybridized carbons (Fsp3) is 0.633. The lowest BCUT2D eigenvalue weighted by molar-refractivity contribution is -0.745. The van der Waals surface area contributed by atoms with E-state index in [1.807, 2.05) is 0 Å². The Morgan fingerprint density at radius 3 is 2.03 bits per heavy atom. The highest BCUT2D eigenvalue weighted by Gasteiger charge is 2.50. The number of nitrogens with zero attached hydrogens (tertiary/aromatic N) is 6. The molecule has 0 aromatic carbocycles. The van der Waals surface area contributed by atoms with Gasteiger partial charge in [0.15, 0.2) is 24.3 Å². The van der Waals surface area contributed by atoms with Crippen molar-refractivity contribution >= 4 is 65.9 Å². The van der Waals surface area contributed by atoms with Crippen LogP contribution in [0.3, 0.4) is 0 Å². The second kappa shape index (κ2) is 20.5. The number of nitrogens with one attached hydrogen (secondary N) is 2. The first-order valence-electron chi connectivity index (χ1n) is 19.3. The summed E-state index contributed by atoms with van der Waals surface area (Å²) in [7, 11) is -19.5. The lowest BCUT2D eigenvalue weighted by Crippen LogP contribution is -2.46. The molecule has 6 heterocycles. The number of imidazole rings is 2. The largest absolute Gasteiger partial charge is 0.472 e. The third-order valence-electron chi connectivity index (χ3n) is 9.79. The molecule has 67 heavy (non-hydrogen) atoms. The number of methoxy groups -OCH3 is 1. The first-order valence-corrected chi connectivity index (χ1v) is 25.3. The van der Waals surface area contributed by atoms with E-state index in [2.05, 4.69) is 40.9 Å². The highest BCUT2D eigenvalue weighted by Crippen LogP contribution is 2.50. The molecule has 3 aromatic heterocycles. The summed E-state index contributed by atoms with van der Waals surface area (Å²) >= 11 is 0. The van der Waals surface area contributed by atoms with Crippen LogP contribution in [-0.2, 0) is 71.4 Å². The number of phosphoric acid groups is 4. The molecule has 0 bridgehead atoms. The van der Waals surface area contributed by atoms with Crippen LogP contribution < -0.4 is 26.9 Å². The number of aryl methyl sites for hydroxylation is 1. The average molecular weight is 1040 g/mol. The molecule has 12 atom stereocenters. The van der Waals surface area contributed by atoms with Gasteiger partial charge in [-0.2, -0.15) is 4.99 Å². The third-order valence-corrected chi connectivity index (χ3v) is 12.8. The molecule has 2 fully saturated rings. The number of guanidine groups is 1. The van der Waals surface area contributed by atoms with E-state index in [1.165, 1.54) is 35.9 Å². The van der Waals surface area contributed by atoms with Gasteiger partial charge in [-0.15, -0.1) is 0 Å². The molecule has 3 aromatic rings. The molecule has 6 rings (SSSR count). The van der Waals surface area contributed by atoms with Gasteiger partial charge in [-0.3, -0.25) is 46.1 Å². The van der Waals surface area contributed by atoms with Crippen molar-refractivity contribution in [3.05, 3.63) is 35.3 Å². The van der Waals surface area contributed by atoms with Crippen molar-refractivity contribution in [2.45, 2.75) is 81.2 Å². The predicted octanol–water partition coefficient (Wildman–Crippen LogP) is -2.90. The fourth-order valence-corrected chi connectivity index (χ4v) is 9.67. The van der Waals surface area contributed by atoms with Crippen molar-refractivity contribution in [3.63, 3.8) is 0 Å². The Labute approximate surface area is 376 Å². The maximum Gasteiger partial charge on any atom is 0.472 e. The van der Waals surface area contributed by atoms with Gasteiger partial charge in [0, 0.05) is 7.11 Å². The van der Waals surface area contributed by atoms with E-state index in [-0.39, 0.29) is 28.9 Å². The highest BCUT2D eigenvalue weighted by atomic mass is 31.2. The van der Waals surface area contributed by atoms with E-state index >= 15 is 0 Å². The number of fused-ring (bicyclic) bond motifs is 2. The molecule has 37 heteroatoms. The first kappa shape index (κ1) is 52.9. The minimum absolute atomic E-state index is 0.00302. The number of H-pyrrole nitrogens is 1. The summed E-state index contributed by atoms with van der Waals surface area (Å²) in [5, 5.41) is 24.2. The number of rotatable bonds is 22. The Kier molecular flexibility index (Phi) is 16.2. The van der Waals surface area contributed by atoms with E-state index in [0.29, 0.717) is 11.4 Å². The molecule has 0 spiro atoms. The standard InChI is InChI=1S/C30H48N10O23P4/c1-12(2)59-22-17(61-28(23(22)54-5)39-10-33-18-13(3)34-29(31)35-24(18)39)9-58-67(52,53)56-7-15(63-65(47,48)49)14(62-64(44,45)46)6-55-66(50,51)57-8-16-20(41)21(42)27(60-16)40-11-38(4)19-25(40)36-30(32)37-26(19)43/h10-12,14-17,20-23,27-28,41-42H,3,6-9H2,1-2,4-5H3,(H11-,31,32,34,35,36,37,43,44,45,46,47,48,49,50,51,52,53)/p+1/t14-,15+,16-,17-,20-,21-,22-,23-,27-,28-/m1/s1. The Hall–Kier alpha value is -3.43. The molecule has 3 aliphatic rings. The zero-order valence-corrected chi connectivity index (χ0v) is 38.9. The van der Waals surface area contributed by atoms with E-state index in [0.717, 1.165) is 4.57 Å². The van der Waals surface area contributed by atoms with Gasteiger partial charge in [0.25, 0.3) is 11.5 Å². The molecular weight excluding hydrogens is 992 g/mol. The van der Waals surface area contributed by atoms with Crippen molar-refractivity contribution < 1.29 is 108 Å². The van der Waals surface area contributed by atoms with Crippen LogP contribution in [0, 0.1) is 0 Å². The van der Waals surface area contributed by atoms with E-state index in [9.17, 15) is 62.6 Å². The molecule has 0 aliphatic carbocycles. The topological polar surface area (TPSA) is 471 Å². The molecule has 2 unspecified atom stereocenters. The van der Waals surface area contributed by atoms with Gasteiger partial charge in [-0.1, -0.05) is 11.6 Å². The summed E-state index contributed by atoms with van der Waals surface area (Å²) in [5.41, 5.74) is 11.5. The maximum atomic E-state index is 13.3. The van der Waals surface area contributed by atoms with Crippen molar-refractivity contribution in [1.29, 1.82) is 0 Å². The zero-order chi connectivity index (χ0) is 49.6. The van der Waals surface area contributed by atoms with Crippen molar-refractivity contribution in [2.24, 2.45) is 17.8 Å². The van der Waals surface area contributed by atoms with Crippen LogP contribution in [0.15, 0.2) is 29.0 Å². The van der Waals surface area contributed by atoms with E-state index < -0.39 is 131 Å². The number of hydrogen-bond donors (Lipinski definition) is 12. The van der Waals surface area contributed by atoms with Crippen LogP contribution in [0.1, 0.15) is 32.0 Å². The van der Waals surface area contributed by atoms with Crippen LogP contribution >= 0.6 is 31.3 Å². The number of hydrogen-bond acceptors (Lipinski definition) is 23. The lowest BCUT2D eigenvalue weighted by atomic mass is 10.1. The monoisotopic (exact) mass is 1040 g/mol. The molecule has 0 radical (unpaired) electrons. The number of aliphatic hydroxyl groups is 2. The average Bonchev–Trinajstić information content (AvgIpc) is 3.94. The summed E-state index contributed by atoms with van der Waals surface area (Å²) < 4.78 is 106. The highest BCUT2D eigenvalue weighted by molar-refractivity contribution is 7.48. The first-order chi connectivity index (χ1) is 31.1. The molecular formula is C30H49N10O23P4+. The van der Waals surface area contributed by atoms with Gasteiger partial charge in [0.1, 0.15) is 54.5 Å². The summed E-state index contributed by atoms with van der Waals surface area (Å²) in [4.78, 5) is 87.0. The maximum absolute atomic E-state index is 13.3. The van der Waals surface area contributed by atoms with E-state index in [1.54, 1.807) is 13.8 Å². The van der Waals surface area contributed by atoms with Gasteiger partial charge < -0.3 is 75.3 Å². The van der Waals surface area contributed by atoms with Crippen LogP contribution in [0.5, 0.6) is 0 Å². The number of nitrogen functional groups attached to an aromatic ring is 1. The second-order valence-corrected chi connectivity index (χ2v) is 20.3. The minimum atomic E-state index is -5.72. The SMILES string of the molecule is C=C1NC(N)=Nc2c1ncn2[C@@H]1O[C@H](COP(=O)(O)OC[C@H](OP(=O)(O)O)[C@@H](COP(=O)(O)OC[C@H]2O[C@@H]([n+]3cn(C)c4c(=O)[nH]c(N)nc43)[C@H](O)[C@@H]2O)OP(=O)(O)O)[C@@H](OC(C)C)[C@H]1OC. The van der Waals surface area contributed by atoms with Crippen LogP contribution in [0.4, 0.5) is 11.8 Å². The number of aliphatic imine (C=N–C) groups is 1. The molecule has 376 valence electrons. The third kappa shape index (κ3) is 12.9. The number of phosphoric ester groups is 4. The molecule has 0 amide bonds. The van der Waals surface area contributed by atoms with Gasteiger partial charge in [0.2, 0.25) is 11.7 Å². The van der Waals surface area contributed by atoms with Gasteiger partial charge in [0.05, 0.1) is 51.6 Å². The smallest absolute Gasteiger partial charge is 0.387 e. The second-order valence-electron chi connectivity index (χ2n) is 15.0. The number of anilines is 1. The number of ether oxygens (including phenoxy) is 4. The lowest BCUT2D eigenvalue weighted by Gasteiger charge is -2.28. The van der Waals surface area contributed by atoms with Crippen LogP contribution in [-0.4, -0.2) is 158 Å². The Bertz CT molecular complexity index is 2580. The van der Waals surface area contributed by atoms with Gasteiger partial charge in [-0.05, 0) is 13.8 Å². The Balaban J connectivity index is 1.12. The Morgan fingerprint density at radius 1 is 0.896 bits per heavy atom. The zero-order valence-electron chi connectivity index (χ0n) is 35.4. The number of nitrogens with two attached hydrogens (primary N) is 2. The number of aliphatic hydroxyl groups excluding tert-OH is 2. The summed E-state index contributed by atoms with van der Waals surface area (Å²) in [6.07, 6.45) is -13.7. The fourth-order valence-electron chi connectivity index (χ4n) is 7.08. The van der Waals surface area contributed by atoms with Gasteiger partial charge >= 0.3 is 36.9 Å². The number of aromatic amines is 1. The summed E-state index contributed by atoms with van der Waals surface area (Å²) in [6, 6.07) is 0. The predicted molar refractivity (Wildman–Crippen MR) is 220 cm³/mol. The van der Waals surface area contributed by atoms with Crippen LogP contribution in [0.25, 0.3) is 16.9 Å². The molecule has 2 saturated heterocycles. The van der Waals surface area contributed by atoms with E-state index in [4.69, 9.17) is 48.5 Å². The molecule has 3 aliphatic heterocycles. The van der Waals surface area contributed by atoms with Gasteiger partial charge in [-0.25, -0.2) is 27.8 Å². The molecule has 14 N–H and O–H groups in total. The quantitative estimate of drug-likeness (QED) is 0.0355. The molecule has 0 saturated carbocycles. The minimum Gasteiger partial charge on any atom is -0.387 e. The van der Waals surface area contributed by atoms with Crippen molar-refractivity contribution in [1.82, 2.24) is 29.4 Å². The van der Waals surface area contributed by atoms with Crippen molar-refractivity contribution in [3.8, 4) is 0 Å². The normalized spacial score (nSPS) is 27.4. The van der Waals surface area contributed by atoms with Crippen molar-refractivity contribution in [2.75, 3.05) is 39.3 Å². The Morgan fingerprint density at radius 2 is 1.48 bits per heavy atom. The molecule has 33 nitrogen and oxygen atoms in total. The summed E-state index contributed by atoms with van der Waals surface area (Å²) in [5.74, 6) is -0.0754. The summed E-state index contributed by atoms with van der Waals surface area (Å²) in [6.45, 7) is 2.41. The van der Waals surface area contributed by atoms with Crippen LogP contribution in [0.2, 0.25) is 0 Å².